The van der Waals surface area contributed by atoms with E-state index >= 15 is 0 Å². The number of allylic oxidation sites excluding steroid dienone is 1. The van der Waals surface area contributed by atoms with Gasteiger partial charge in [-0.15, -0.1) is 0 Å². The Morgan fingerprint density at radius 3 is 2.12 bits per heavy atom. The number of nitrogens with one attached hydrogen (secondary N) is 3. The van der Waals surface area contributed by atoms with Crippen LogP contribution in [0.4, 0.5) is 0 Å². The van der Waals surface area contributed by atoms with Crippen molar-refractivity contribution < 1.29 is 37.9 Å². The van der Waals surface area contributed by atoms with Crippen molar-refractivity contribution in [1.82, 2.24) is 20.9 Å². The summed E-state index contributed by atoms with van der Waals surface area (Å²) < 4.78 is 17.8. The van der Waals surface area contributed by atoms with Gasteiger partial charge in [-0.2, -0.15) is 0 Å². The van der Waals surface area contributed by atoms with Crippen LogP contribution in [0.3, 0.4) is 0 Å². The van der Waals surface area contributed by atoms with Gasteiger partial charge < -0.3 is 34.8 Å². The minimum atomic E-state index is -2.95. The number of methoxy groups -OCH3 is 2. The molecule has 0 spiro atoms. The summed E-state index contributed by atoms with van der Waals surface area (Å²) in [4.78, 5) is 71.3. The number of unbranched alkanes of at least 4 members (excludes halogenated alkanes) is 1. The van der Waals surface area contributed by atoms with Gasteiger partial charge in [-0.05, 0) is 91.6 Å². The topological polar surface area (TPSA) is 152 Å². The monoisotopic (exact) mass is 838 g/mol. The lowest BCUT2D eigenvalue weighted by molar-refractivity contribution is -0.144. The largest absolute Gasteiger partial charge is 0.493 e. The maximum atomic E-state index is 14.2. The van der Waals surface area contributed by atoms with Crippen molar-refractivity contribution >= 4 is 48.1 Å². The van der Waals surface area contributed by atoms with Crippen LogP contribution < -0.4 is 35.8 Å². The summed E-state index contributed by atoms with van der Waals surface area (Å²) in [6.07, 6.45) is 5.14. The predicted molar refractivity (Wildman–Crippen MR) is 235 cm³/mol. The first-order chi connectivity index (χ1) is 28.6. The third-order valence-electron chi connectivity index (χ3n) is 11.9. The van der Waals surface area contributed by atoms with Gasteiger partial charge in [0.05, 0.1) is 14.2 Å². The molecule has 2 aliphatic rings. The number of ketones is 1. The molecule has 0 aliphatic carbocycles. The van der Waals surface area contributed by atoms with Crippen molar-refractivity contribution in [2.75, 3.05) is 20.8 Å². The highest BCUT2D eigenvalue weighted by Gasteiger charge is 2.51. The number of hydrogen-bond donors (Lipinski definition) is 3. The number of ether oxygens (including phenoxy) is 2. The van der Waals surface area contributed by atoms with Crippen molar-refractivity contribution in [2.45, 2.75) is 121 Å². The summed E-state index contributed by atoms with van der Waals surface area (Å²) in [6.45, 7) is 12.0. The highest BCUT2D eigenvalue weighted by atomic mass is 28.4. The Bertz CT molecular complexity index is 1980. The van der Waals surface area contributed by atoms with Gasteiger partial charge in [0.15, 0.2) is 17.3 Å². The Kier molecular flexibility index (Phi) is 15.2. The molecule has 2 fully saturated rings. The normalized spacial score (nSPS) is 22.2. The third kappa shape index (κ3) is 10.2. The van der Waals surface area contributed by atoms with E-state index in [2.05, 4.69) is 61.0 Å². The van der Waals surface area contributed by atoms with Crippen molar-refractivity contribution in [3.8, 4) is 11.5 Å². The number of amides is 4. The van der Waals surface area contributed by atoms with Gasteiger partial charge in [-0.25, -0.2) is 0 Å². The first-order valence-electron chi connectivity index (χ1n) is 21.0. The average molecular weight is 839 g/mol. The van der Waals surface area contributed by atoms with Gasteiger partial charge in [0, 0.05) is 13.0 Å². The van der Waals surface area contributed by atoms with E-state index in [0.29, 0.717) is 43.7 Å². The zero-order valence-electron chi connectivity index (χ0n) is 36.3. The van der Waals surface area contributed by atoms with Gasteiger partial charge in [0.1, 0.15) is 29.8 Å². The van der Waals surface area contributed by atoms with Gasteiger partial charge in [0.25, 0.3) is 8.32 Å². The molecule has 13 heteroatoms. The van der Waals surface area contributed by atoms with Crippen molar-refractivity contribution in [2.24, 2.45) is 0 Å². The first-order valence-corrected chi connectivity index (χ1v) is 22.9. The number of rotatable bonds is 15. The van der Waals surface area contributed by atoms with Crippen molar-refractivity contribution in [3.63, 3.8) is 0 Å². The van der Waals surface area contributed by atoms with Crippen molar-refractivity contribution in [3.05, 3.63) is 96.6 Å². The highest BCUT2D eigenvalue weighted by molar-refractivity contribution is 6.99. The smallest absolute Gasteiger partial charge is 0.262 e. The van der Waals surface area contributed by atoms with Crippen LogP contribution in [0.15, 0.2) is 91.0 Å². The molecule has 5 atom stereocenters. The van der Waals surface area contributed by atoms with Crippen molar-refractivity contribution in [1.29, 1.82) is 0 Å². The fourth-order valence-electron chi connectivity index (χ4n) is 8.25. The van der Waals surface area contributed by atoms with Crippen LogP contribution in [0.2, 0.25) is 5.04 Å². The molecule has 3 N–H and O–H groups in total. The standard InChI is InChI=1S/C47H62N4O8Si/c1-9-47(6)45(56)49-37(30-33-27-28-40(57-7)41(31-33)58-8)44(55)51-29-19-25-38(51)43(54)48-36(42(53)50-47)24-17-12-18-26-39(52)32(2)59-60(46(3,4)5,34-20-13-10-14-21-34)35-22-15-11-16-23-35/h10-11,13-16,18,20-23,26-28,31-32,36-38H,9,12,17,19,24-25,29-30H2,1-8H3,(H,48,54)(H,49,56)(H,50,53)/b26-18+/t32-,36-,37-,38+,47-/m0/s1. The fourth-order valence-corrected chi connectivity index (χ4v) is 12.9. The summed E-state index contributed by atoms with van der Waals surface area (Å²) in [6, 6.07) is 22.8. The fraction of sp³-hybridized carbons (Fsp3) is 0.468. The van der Waals surface area contributed by atoms with E-state index in [0.717, 1.165) is 15.9 Å². The number of fused-ring (bicyclic) bond motifs is 1. The van der Waals surface area contributed by atoms with Gasteiger partial charge >= 0.3 is 0 Å². The van der Waals surface area contributed by atoms with Crippen LogP contribution in [-0.2, 0) is 34.8 Å². The molecule has 2 aliphatic heterocycles. The number of hydrogen-bond acceptors (Lipinski definition) is 8. The first kappa shape index (κ1) is 45.8. The molecular weight excluding hydrogens is 777 g/mol. The number of carbonyl (C=O) groups is 5. The van der Waals surface area contributed by atoms with E-state index < -0.39 is 55.8 Å². The summed E-state index contributed by atoms with van der Waals surface area (Å²) in [5.74, 6) is -0.957. The molecule has 322 valence electrons. The molecule has 2 saturated heterocycles. The summed E-state index contributed by atoms with van der Waals surface area (Å²) >= 11 is 0. The molecular formula is C47H62N4O8Si. The number of carbonyl (C=O) groups excluding carboxylic acids is 5. The van der Waals surface area contributed by atoms with Gasteiger partial charge in [-0.3, -0.25) is 24.0 Å². The molecule has 3 aromatic carbocycles. The molecule has 60 heavy (non-hydrogen) atoms. The molecule has 12 nitrogen and oxygen atoms in total. The second-order valence-electron chi connectivity index (χ2n) is 17.0. The van der Waals surface area contributed by atoms with E-state index in [1.807, 2.05) is 36.4 Å². The molecule has 0 bridgehead atoms. The van der Waals surface area contributed by atoms with Gasteiger partial charge in [0.2, 0.25) is 23.6 Å². The molecule has 5 rings (SSSR count). The number of nitrogens with zero attached hydrogens (tertiary/aromatic N) is 1. The highest BCUT2D eigenvalue weighted by Crippen LogP contribution is 2.37. The van der Waals surface area contributed by atoms with Crippen LogP contribution in [0, 0.1) is 0 Å². The Morgan fingerprint density at radius 2 is 1.53 bits per heavy atom. The molecule has 2 heterocycles. The third-order valence-corrected chi connectivity index (χ3v) is 17.0. The lowest BCUT2D eigenvalue weighted by Crippen LogP contribution is -2.68. The second kappa shape index (κ2) is 19.9. The minimum Gasteiger partial charge on any atom is -0.493 e. The van der Waals surface area contributed by atoms with Crippen LogP contribution in [-0.4, -0.2) is 93.2 Å². The average Bonchev–Trinajstić information content (AvgIpc) is 3.74. The lowest BCUT2D eigenvalue weighted by Gasteiger charge is -2.44. The maximum Gasteiger partial charge on any atom is 0.262 e. The quantitative estimate of drug-likeness (QED) is 0.113. The van der Waals surface area contributed by atoms with E-state index in [4.69, 9.17) is 13.9 Å². The Morgan fingerprint density at radius 1 is 0.900 bits per heavy atom. The molecule has 3 aromatic rings. The lowest BCUT2D eigenvalue weighted by atomic mass is 9.94. The number of benzene rings is 3. The van der Waals surface area contributed by atoms with Crippen LogP contribution in [0.5, 0.6) is 11.5 Å². The van der Waals surface area contributed by atoms with Crippen LogP contribution in [0.25, 0.3) is 0 Å². The molecule has 0 radical (unpaired) electrons. The summed E-state index contributed by atoms with van der Waals surface area (Å²) in [5.41, 5.74) is -0.661. The predicted octanol–water partition coefficient (Wildman–Crippen LogP) is 4.77. The Hall–Kier alpha value is -5.27. The SMILES string of the molecule is CC[C@]1(C)NC(=O)[C@H](CCC/C=C/C(=O)[C@H](C)O[Si](c2ccccc2)(c2ccccc2)C(C)(C)C)NC(=O)[C@H]2CCCN2C(=O)[C@H](Cc2ccc(OC)c(OC)c2)NC1=O. The zero-order valence-corrected chi connectivity index (χ0v) is 37.3. The Labute approximate surface area is 355 Å². The molecule has 4 amide bonds. The Balaban J connectivity index is 1.29. The van der Waals surface area contributed by atoms with E-state index in [1.165, 1.54) is 19.1 Å². The van der Waals surface area contributed by atoms with E-state index in [9.17, 15) is 24.0 Å². The minimum absolute atomic E-state index is 0.131. The van der Waals surface area contributed by atoms with Gasteiger partial charge in [-0.1, -0.05) is 101 Å². The van der Waals surface area contributed by atoms with E-state index in [-0.39, 0.29) is 36.0 Å². The molecule has 0 saturated carbocycles. The summed E-state index contributed by atoms with van der Waals surface area (Å²) in [5, 5.41) is 10.6. The maximum absolute atomic E-state index is 14.2. The molecule has 0 aromatic heterocycles. The van der Waals surface area contributed by atoms with Crippen LogP contribution >= 0.6 is 0 Å². The second-order valence-corrected chi connectivity index (χ2v) is 21.3. The van der Waals surface area contributed by atoms with Crippen LogP contribution in [0.1, 0.15) is 85.6 Å². The van der Waals surface area contributed by atoms with E-state index in [1.54, 1.807) is 51.1 Å². The molecule has 0 unspecified atom stereocenters. The summed E-state index contributed by atoms with van der Waals surface area (Å²) in [7, 11) is 0.102. The zero-order chi connectivity index (χ0) is 43.7.